The molecular weight excluding hydrogens is 841 g/mol. The van der Waals surface area contributed by atoms with Gasteiger partial charge in [0.05, 0.1) is 0 Å². The predicted molar refractivity (Wildman–Crippen MR) is 293 cm³/mol. The minimum Gasteiger partial charge on any atom is -0.462 e. The Labute approximate surface area is 420 Å². The Morgan fingerprint density at radius 1 is 0.309 bits per heavy atom. The number of unbranched alkanes of at least 4 members (excludes halogenated alkanes) is 26. The third kappa shape index (κ3) is 53.5. The third-order valence-electron chi connectivity index (χ3n) is 12.2. The van der Waals surface area contributed by atoms with E-state index in [0.717, 1.165) is 122 Å². The summed E-state index contributed by atoms with van der Waals surface area (Å²) >= 11 is 0. The molecule has 0 saturated heterocycles. The fourth-order valence-corrected chi connectivity index (χ4v) is 7.89. The number of esters is 3. The second kappa shape index (κ2) is 56.2. The zero-order valence-electron chi connectivity index (χ0n) is 44.6. The maximum Gasteiger partial charge on any atom is 0.306 e. The molecule has 0 aromatic carbocycles. The van der Waals surface area contributed by atoms with Gasteiger partial charge in [-0.05, 0) is 77.0 Å². The number of carbonyl (C=O) groups excluding carboxylic acids is 3. The van der Waals surface area contributed by atoms with Crippen LogP contribution in [-0.2, 0) is 28.6 Å². The first-order valence-corrected chi connectivity index (χ1v) is 28.6. The van der Waals surface area contributed by atoms with Crippen LogP contribution in [-0.4, -0.2) is 37.2 Å². The molecule has 0 saturated carbocycles. The van der Waals surface area contributed by atoms with Gasteiger partial charge in [-0.1, -0.05) is 260 Å². The maximum absolute atomic E-state index is 12.8. The Morgan fingerprint density at radius 2 is 0.574 bits per heavy atom. The normalized spacial score (nSPS) is 12.7. The van der Waals surface area contributed by atoms with Gasteiger partial charge in [-0.25, -0.2) is 0 Å². The number of allylic oxidation sites excluding steroid dienone is 14. The monoisotopic (exact) mass is 947 g/mol. The van der Waals surface area contributed by atoms with Gasteiger partial charge >= 0.3 is 17.9 Å². The molecule has 0 N–H and O–H groups in total. The Balaban J connectivity index is 4.22. The van der Waals surface area contributed by atoms with Gasteiger partial charge in [0, 0.05) is 19.3 Å². The highest BCUT2D eigenvalue weighted by molar-refractivity contribution is 5.71. The minimum absolute atomic E-state index is 0.0802. The quantitative estimate of drug-likeness (QED) is 0.0262. The first-order valence-electron chi connectivity index (χ1n) is 28.6. The molecule has 0 aromatic heterocycles. The molecule has 1 unspecified atom stereocenters. The summed E-state index contributed by atoms with van der Waals surface area (Å²) in [5.41, 5.74) is 0. The van der Waals surface area contributed by atoms with Crippen LogP contribution in [0.2, 0.25) is 0 Å². The zero-order valence-corrected chi connectivity index (χ0v) is 44.6. The van der Waals surface area contributed by atoms with Crippen LogP contribution >= 0.6 is 0 Å². The Hall–Kier alpha value is -3.41. The van der Waals surface area contributed by atoms with Gasteiger partial charge in [0.1, 0.15) is 13.2 Å². The van der Waals surface area contributed by atoms with Crippen molar-refractivity contribution in [2.24, 2.45) is 0 Å². The summed E-state index contributed by atoms with van der Waals surface area (Å²) in [5, 5.41) is 0. The predicted octanol–water partition coefficient (Wildman–Crippen LogP) is 19.2. The van der Waals surface area contributed by atoms with Crippen molar-refractivity contribution in [3.8, 4) is 0 Å². The number of ether oxygens (including phenoxy) is 3. The molecule has 0 bridgehead atoms. The lowest BCUT2D eigenvalue weighted by Gasteiger charge is -2.18. The molecule has 0 aromatic rings. The topological polar surface area (TPSA) is 78.9 Å². The molecule has 6 heteroatoms. The van der Waals surface area contributed by atoms with Gasteiger partial charge in [0.2, 0.25) is 0 Å². The van der Waals surface area contributed by atoms with E-state index in [-0.39, 0.29) is 31.1 Å². The average molecular weight is 948 g/mol. The van der Waals surface area contributed by atoms with Crippen molar-refractivity contribution in [1.82, 2.24) is 0 Å². The molecule has 390 valence electrons. The van der Waals surface area contributed by atoms with Crippen LogP contribution in [0.1, 0.15) is 271 Å². The van der Waals surface area contributed by atoms with E-state index < -0.39 is 6.10 Å². The van der Waals surface area contributed by atoms with E-state index in [0.29, 0.717) is 19.3 Å². The zero-order chi connectivity index (χ0) is 49.3. The van der Waals surface area contributed by atoms with Crippen LogP contribution in [0.5, 0.6) is 0 Å². The second-order valence-electron chi connectivity index (χ2n) is 18.8. The second-order valence-corrected chi connectivity index (χ2v) is 18.8. The van der Waals surface area contributed by atoms with E-state index in [1.54, 1.807) is 0 Å². The minimum atomic E-state index is -0.780. The highest BCUT2D eigenvalue weighted by Gasteiger charge is 2.19. The lowest BCUT2D eigenvalue weighted by Crippen LogP contribution is -2.30. The molecular formula is C62H106O6. The summed E-state index contributed by atoms with van der Waals surface area (Å²) in [6, 6.07) is 0. The Bertz CT molecular complexity index is 1320. The van der Waals surface area contributed by atoms with E-state index in [1.165, 1.54) is 109 Å². The van der Waals surface area contributed by atoms with Gasteiger partial charge in [0.25, 0.3) is 0 Å². The molecule has 0 heterocycles. The van der Waals surface area contributed by atoms with Crippen LogP contribution in [0.15, 0.2) is 85.1 Å². The molecule has 1 atom stereocenters. The van der Waals surface area contributed by atoms with E-state index in [1.807, 2.05) is 0 Å². The van der Waals surface area contributed by atoms with E-state index in [2.05, 4.69) is 106 Å². The number of hydrogen-bond donors (Lipinski definition) is 0. The standard InChI is InChI=1S/C62H106O6/c1-4-7-10-13-16-18-20-22-24-26-27-28-29-30-31-32-33-34-35-36-38-39-41-43-46-49-52-55-61(64)67-58-59(57-66-60(63)54-51-48-45-15-12-9-6-3)68-62(65)56-53-50-47-44-42-40-37-25-23-21-19-17-14-11-8-5-2/h7,10,16,18,22,24,27-28,30-31,33-34,36,38,59H,4-6,8-9,11-15,17,19-21,23,25-26,29,32,35,37,39-58H2,1-3H3/b10-7-,18-16-,24-22-,28-27-,31-30-,34-33-,38-36-. The van der Waals surface area contributed by atoms with E-state index >= 15 is 0 Å². The van der Waals surface area contributed by atoms with Gasteiger partial charge in [-0.15, -0.1) is 0 Å². The van der Waals surface area contributed by atoms with Gasteiger partial charge < -0.3 is 14.2 Å². The molecule has 0 fully saturated rings. The van der Waals surface area contributed by atoms with Crippen molar-refractivity contribution >= 4 is 17.9 Å². The molecule has 0 spiro atoms. The Morgan fingerprint density at radius 3 is 0.897 bits per heavy atom. The fourth-order valence-electron chi connectivity index (χ4n) is 7.89. The van der Waals surface area contributed by atoms with Gasteiger partial charge in [-0.3, -0.25) is 14.4 Å². The fraction of sp³-hybridized carbons (Fsp3) is 0.726. The lowest BCUT2D eigenvalue weighted by molar-refractivity contribution is -0.167. The first kappa shape index (κ1) is 64.6. The summed E-state index contributed by atoms with van der Waals surface area (Å²) in [4.78, 5) is 37.9. The van der Waals surface area contributed by atoms with Crippen LogP contribution in [0.3, 0.4) is 0 Å². The van der Waals surface area contributed by atoms with Crippen molar-refractivity contribution in [3.05, 3.63) is 85.1 Å². The molecule has 0 aliphatic rings. The van der Waals surface area contributed by atoms with Crippen molar-refractivity contribution in [3.63, 3.8) is 0 Å². The lowest BCUT2D eigenvalue weighted by atomic mass is 10.0. The third-order valence-corrected chi connectivity index (χ3v) is 12.2. The summed E-state index contributed by atoms with van der Waals surface area (Å²) in [6.07, 6.45) is 73.1. The molecule has 0 amide bonds. The summed E-state index contributed by atoms with van der Waals surface area (Å²) in [5.74, 6) is -0.900. The van der Waals surface area contributed by atoms with E-state index in [4.69, 9.17) is 14.2 Å². The first-order chi connectivity index (χ1) is 33.5. The number of carbonyl (C=O) groups is 3. The van der Waals surface area contributed by atoms with Gasteiger partial charge in [0.15, 0.2) is 6.10 Å². The van der Waals surface area contributed by atoms with Crippen LogP contribution in [0.4, 0.5) is 0 Å². The molecule has 68 heavy (non-hydrogen) atoms. The summed E-state index contributed by atoms with van der Waals surface area (Å²) in [6.45, 7) is 6.48. The largest absolute Gasteiger partial charge is 0.462 e. The van der Waals surface area contributed by atoms with Crippen LogP contribution in [0, 0.1) is 0 Å². The Kier molecular flexibility index (Phi) is 53.4. The van der Waals surface area contributed by atoms with Crippen molar-refractivity contribution in [1.29, 1.82) is 0 Å². The van der Waals surface area contributed by atoms with Crippen molar-refractivity contribution in [2.45, 2.75) is 277 Å². The van der Waals surface area contributed by atoms with Crippen molar-refractivity contribution in [2.75, 3.05) is 13.2 Å². The SMILES string of the molecule is CC/C=C\C/C=C\C/C=C\C/C=C\C/C=C\C/C=C\C/C=C\CCCCCCCC(=O)OCC(COC(=O)CCCCCCCCC)OC(=O)CCCCCCCCCCCCCCCCCC. The highest BCUT2D eigenvalue weighted by Crippen LogP contribution is 2.16. The van der Waals surface area contributed by atoms with Crippen LogP contribution < -0.4 is 0 Å². The molecule has 0 aliphatic heterocycles. The van der Waals surface area contributed by atoms with E-state index in [9.17, 15) is 14.4 Å². The maximum atomic E-state index is 12.8. The van der Waals surface area contributed by atoms with Gasteiger partial charge in [-0.2, -0.15) is 0 Å². The average Bonchev–Trinajstić information content (AvgIpc) is 3.34. The molecule has 0 aliphatic carbocycles. The molecule has 0 rings (SSSR count). The number of rotatable bonds is 51. The van der Waals surface area contributed by atoms with Crippen LogP contribution in [0.25, 0.3) is 0 Å². The summed E-state index contributed by atoms with van der Waals surface area (Å²) in [7, 11) is 0. The molecule has 0 radical (unpaired) electrons. The van der Waals surface area contributed by atoms with Crippen molar-refractivity contribution < 1.29 is 28.6 Å². The smallest absolute Gasteiger partial charge is 0.306 e. The summed E-state index contributed by atoms with van der Waals surface area (Å²) < 4.78 is 16.8. The molecule has 6 nitrogen and oxygen atoms in total. The highest BCUT2D eigenvalue weighted by atomic mass is 16.6. The number of hydrogen-bond acceptors (Lipinski definition) is 6.